The van der Waals surface area contributed by atoms with Crippen molar-refractivity contribution in [1.82, 2.24) is 20.4 Å². The summed E-state index contributed by atoms with van der Waals surface area (Å²) in [4.78, 5) is 10.1. The van der Waals surface area contributed by atoms with Gasteiger partial charge in [-0.15, -0.1) is 21.5 Å². The number of morpholine rings is 1. The molecule has 3 aromatic rings. The summed E-state index contributed by atoms with van der Waals surface area (Å²) in [5, 5.41) is 25.4. The third-order valence-electron chi connectivity index (χ3n) is 5.99. The number of hydrogen-bond acceptors (Lipinski definition) is 9. The average molecular weight is 427 g/mol. The number of hydrogen-bond donors (Lipinski definition) is 1. The minimum Gasteiger partial charge on any atom is -0.386 e. The Morgan fingerprint density at radius 3 is 2.83 bits per heavy atom. The number of aromatic nitrogens is 4. The fourth-order valence-corrected chi connectivity index (χ4v) is 5.23. The van der Waals surface area contributed by atoms with Crippen LogP contribution < -0.4 is 9.80 Å². The fourth-order valence-electron chi connectivity index (χ4n) is 4.38. The number of aryl methyl sites for hydroxylation is 1. The van der Waals surface area contributed by atoms with E-state index in [0.717, 1.165) is 84.5 Å². The van der Waals surface area contributed by atoms with Gasteiger partial charge in [-0.2, -0.15) is 0 Å². The van der Waals surface area contributed by atoms with E-state index in [1.165, 1.54) is 0 Å². The normalized spacial score (nSPS) is 21.2. The van der Waals surface area contributed by atoms with Crippen LogP contribution in [0, 0.1) is 12.8 Å². The van der Waals surface area contributed by atoms with E-state index in [1.807, 2.05) is 13.1 Å². The van der Waals surface area contributed by atoms with Gasteiger partial charge in [0.2, 0.25) is 0 Å². The second-order valence-electron chi connectivity index (χ2n) is 8.02. The number of fused-ring (bicyclic) bond motifs is 1. The highest BCUT2D eigenvalue weighted by molar-refractivity contribution is 7.11. The van der Waals surface area contributed by atoms with Crippen molar-refractivity contribution in [3.63, 3.8) is 0 Å². The SMILES string of the molecule is Cc1cnc([C@H](O)C2CCCN(c3nnnc4cc(N5CCOCC5)ccc34)C2)s1. The van der Waals surface area contributed by atoms with Gasteiger partial charge in [-0.05, 0) is 43.2 Å². The van der Waals surface area contributed by atoms with Crippen molar-refractivity contribution in [3.05, 3.63) is 34.3 Å². The van der Waals surface area contributed by atoms with Gasteiger partial charge in [0.15, 0.2) is 5.82 Å². The van der Waals surface area contributed by atoms with Gasteiger partial charge >= 0.3 is 0 Å². The number of piperidine rings is 1. The van der Waals surface area contributed by atoms with Crippen LogP contribution in [0.2, 0.25) is 0 Å². The summed E-state index contributed by atoms with van der Waals surface area (Å²) in [5.74, 6) is 0.975. The van der Waals surface area contributed by atoms with E-state index in [0.29, 0.717) is 0 Å². The topological polar surface area (TPSA) is 87.5 Å². The van der Waals surface area contributed by atoms with Crippen LogP contribution >= 0.6 is 11.3 Å². The average Bonchev–Trinajstić information content (AvgIpc) is 3.24. The third kappa shape index (κ3) is 3.84. The number of benzene rings is 1. The number of rotatable bonds is 4. The van der Waals surface area contributed by atoms with E-state index in [4.69, 9.17) is 4.74 Å². The highest BCUT2D eigenvalue weighted by Crippen LogP contribution is 2.35. The molecule has 2 aliphatic rings. The lowest BCUT2D eigenvalue weighted by atomic mass is 9.92. The minimum atomic E-state index is -0.541. The Hall–Kier alpha value is -2.36. The maximum Gasteiger partial charge on any atom is 0.162 e. The van der Waals surface area contributed by atoms with Gasteiger partial charge in [-0.1, -0.05) is 0 Å². The summed E-state index contributed by atoms with van der Waals surface area (Å²) in [5.41, 5.74) is 1.99. The van der Waals surface area contributed by atoms with Gasteiger partial charge < -0.3 is 19.6 Å². The molecule has 0 spiro atoms. The maximum atomic E-state index is 10.9. The summed E-state index contributed by atoms with van der Waals surface area (Å²) in [7, 11) is 0. The van der Waals surface area contributed by atoms with Crippen molar-refractivity contribution in [2.24, 2.45) is 5.92 Å². The quantitative estimate of drug-likeness (QED) is 0.681. The molecule has 8 nitrogen and oxygen atoms in total. The lowest BCUT2D eigenvalue weighted by Crippen LogP contribution is -2.38. The van der Waals surface area contributed by atoms with Crippen LogP contribution in [0.3, 0.4) is 0 Å². The number of aliphatic hydroxyl groups excluding tert-OH is 1. The van der Waals surface area contributed by atoms with Crippen LogP contribution in [0.1, 0.15) is 28.8 Å². The van der Waals surface area contributed by atoms with Crippen LogP contribution in [0.15, 0.2) is 24.4 Å². The van der Waals surface area contributed by atoms with Crippen LogP contribution in [-0.4, -0.2) is 64.9 Å². The van der Waals surface area contributed by atoms with Gasteiger partial charge in [0.1, 0.15) is 16.6 Å². The minimum absolute atomic E-state index is 0.127. The Bertz CT molecular complexity index is 1020. The van der Waals surface area contributed by atoms with E-state index in [1.54, 1.807) is 11.3 Å². The van der Waals surface area contributed by atoms with Gasteiger partial charge in [-0.3, -0.25) is 0 Å². The molecule has 2 atom stereocenters. The Balaban J connectivity index is 1.39. The number of anilines is 2. The van der Waals surface area contributed by atoms with Gasteiger partial charge in [0.05, 0.1) is 13.2 Å². The molecular formula is C21H26N6O2S. The molecular weight excluding hydrogens is 400 g/mol. The molecule has 0 amide bonds. The monoisotopic (exact) mass is 426 g/mol. The van der Waals surface area contributed by atoms with Crippen LogP contribution in [0.4, 0.5) is 11.5 Å². The molecule has 0 aliphatic carbocycles. The fraction of sp³-hybridized carbons (Fsp3) is 0.524. The smallest absolute Gasteiger partial charge is 0.162 e. The van der Waals surface area contributed by atoms with Crippen molar-refractivity contribution in [2.45, 2.75) is 25.9 Å². The first-order valence-corrected chi connectivity index (χ1v) is 11.3. The highest BCUT2D eigenvalue weighted by Gasteiger charge is 2.30. The Labute approximate surface area is 179 Å². The Morgan fingerprint density at radius 1 is 1.17 bits per heavy atom. The first-order valence-electron chi connectivity index (χ1n) is 10.5. The zero-order valence-corrected chi connectivity index (χ0v) is 17.9. The molecule has 0 saturated carbocycles. The van der Waals surface area contributed by atoms with Crippen LogP contribution in [0.25, 0.3) is 10.9 Å². The molecule has 5 rings (SSSR count). The zero-order chi connectivity index (χ0) is 20.5. The lowest BCUT2D eigenvalue weighted by molar-refractivity contribution is 0.0977. The molecule has 2 saturated heterocycles. The summed E-state index contributed by atoms with van der Waals surface area (Å²) in [6.07, 6.45) is 3.27. The number of nitrogens with zero attached hydrogens (tertiary/aromatic N) is 6. The van der Waals surface area contributed by atoms with E-state index >= 15 is 0 Å². The van der Waals surface area contributed by atoms with E-state index in [9.17, 15) is 5.11 Å². The molecule has 4 heterocycles. The highest BCUT2D eigenvalue weighted by atomic mass is 32.1. The second-order valence-corrected chi connectivity index (χ2v) is 9.28. The van der Waals surface area contributed by atoms with Crippen molar-refractivity contribution in [3.8, 4) is 0 Å². The number of ether oxygens (including phenoxy) is 1. The molecule has 0 bridgehead atoms. The largest absolute Gasteiger partial charge is 0.386 e. The molecule has 9 heteroatoms. The van der Waals surface area contributed by atoms with Crippen molar-refractivity contribution >= 4 is 33.7 Å². The van der Waals surface area contributed by atoms with Crippen molar-refractivity contribution in [2.75, 3.05) is 49.2 Å². The summed E-state index contributed by atoms with van der Waals surface area (Å²) >= 11 is 1.57. The Kier molecular flexibility index (Phi) is 5.49. The van der Waals surface area contributed by atoms with Crippen molar-refractivity contribution < 1.29 is 9.84 Å². The van der Waals surface area contributed by atoms with Gasteiger partial charge in [-0.25, -0.2) is 4.98 Å². The predicted molar refractivity (Wildman–Crippen MR) is 117 cm³/mol. The first-order chi connectivity index (χ1) is 14.7. The molecule has 2 aromatic heterocycles. The van der Waals surface area contributed by atoms with E-state index < -0.39 is 6.10 Å². The van der Waals surface area contributed by atoms with Crippen LogP contribution in [0.5, 0.6) is 0 Å². The molecule has 2 fully saturated rings. The molecule has 158 valence electrons. The van der Waals surface area contributed by atoms with Gasteiger partial charge in [0, 0.05) is 54.2 Å². The van der Waals surface area contributed by atoms with Crippen LogP contribution in [-0.2, 0) is 4.74 Å². The van der Waals surface area contributed by atoms with E-state index in [-0.39, 0.29) is 5.92 Å². The zero-order valence-electron chi connectivity index (χ0n) is 17.1. The maximum absolute atomic E-state index is 10.9. The number of aliphatic hydroxyl groups is 1. The standard InChI is InChI=1S/C21H26N6O2S/c1-14-12-22-21(30-14)19(28)15-3-2-6-27(13-15)20-17-5-4-16(11-18(17)23-25-24-20)26-7-9-29-10-8-26/h4-5,11-12,15,19,28H,2-3,6-10,13H2,1H3/t15?,19-/m1/s1. The third-order valence-corrected chi connectivity index (χ3v) is 6.97. The predicted octanol–water partition coefficient (Wildman–Crippen LogP) is 2.58. The first kappa shape index (κ1) is 19.6. The summed E-state index contributed by atoms with van der Waals surface area (Å²) < 4.78 is 5.46. The number of thiazole rings is 1. The summed E-state index contributed by atoms with van der Waals surface area (Å²) in [6, 6.07) is 6.32. The van der Waals surface area contributed by atoms with Crippen molar-refractivity contribution in [1.29, 1.82) is 0 Å². The molecule has 1 N–H and O–H groups in total. The summed E-state index contributed by atoms with van der Waals surface area (Å²) in [6.45, 7) is 6.93. The molecule has 1 aromatic carbocycles. The second kappa shape index (κ2) is 8.41. The molecule has 30 heavy (non-hydrogen) atoms. The molecule has 2 aliphatic heterocycles. The molecule has 1 unspecified atom stereocenters. The molecule has 0 radical (unpaired) electrons. The van der Waals surface area contributed by atoms with Gasteiger partial charge in [0.25, 0.3) is 0 Å². The van der Waals surface area contributed by atoms with E-state index in [2.05, 4.69) is 48.4 Å². The lowest BCUT2D eigenvalue weighted by Gasteiger charge is -2.35. The Morgan fingerprint density at radius 2 is 2.03 bits per heavy atom.